The van der Waals surface area contributed by atoms with Crippen molar-refractivity contribution < 1.29 is 19.1 Å². The van der Waals surface area contributed by atoms with Gasteiger partial charge in [-0.05, 0) is 59.1 Å². The molecule has 10 heteroatoms. The fraction of sp³-hybridized carbons (Fsp3) is 0.455. The number of halogens is 1. The zero-order valence-corrected chi connectivity index (χ0v) is 26.2. The first-order valence-electron chi connectivity index (χ1n) is 14.9. The molecule has 2 amide bonds. The number of rotatable bonds is 7. The lowest BCUT2D eigenvalue weighted by Crippen LogP contribution is -2.51. The number of anilines is 1. The zero-order chi connectivity index (χ0) is 30.9. The highest BCUT2D eigenvalue weighted by Gasteiger charge is 2.41. The Morgan fingerprint density at radius 1 is 1.05 bits per heavy atom. The van der Waals surface area contributed by atoms with Crippen molar-refractivity contribution in [2.24, 2.45) is 0 Å². The molecule has 1 fully saturated rings. The molecule has 0 spiro atoms. The molecule has 0 saturated carbocycles. The Morgan fingerprint density at radius 3 is 2.44 bits per heavy atom. The predicted octanol–water partition coefficient (Wildman–Crippen LogP) is 5.91. The predicted molar refractivity (Wildman–Crippen MR) is 167 cm³/mol. The van der Waals surface area contributed by atoms with Gasteiger partial charge in [-0.2, -0.15) is 5.10 Å². The number of ether oxygens (including phenoxy) is 1. The van der Waals surface area contributed by atoms with Gasteiger partial charge in [-0.25, -0.2) is 4.79 Å². The third-order valence-corrected chi connectivity index (χ3v) is 8.57. The van der Waals surface area contributed by atoms with E-state index >= 15 is 0 Å². The number of carbonyl (C=O) groups is 3. The molecule has 3 unspecified atom stereocenters. The van der Waals surface area contributed by atoms with Crippen molar-refractivity contribution in [2.45, 2.75) is 77.6 Å². The van der Waals surface area contributed by atoms with Gasteiger partial charge >= 0.3 is 6.09 Å². The number of hydrogen-bond acceptors (Lipinski definition) is 6. The lowest BCUT2D eigenvalue weighted by molar-refractivity contribution is 0.0498. The van der Waals surface area contributed by atoms with Gasteiger partial charge in [-0.15, -0.1) is 0 Å². The van der Waals surface area contributed by atoms with Crippen LogP contribution in [-0.2, 0) is 11.2 Å². The second-order valence-corrected chi connectivity index (χ2v) is 12.9. The van der Waals surface area contributed by atoms with Crippen molar-refractivity contribution in [3.63, 3.8) is 0 Å². The van der Waals surface area contributed by atoms with E-state index in [1.54, 1.807) is 17.0 Å². The summed E-state index contributed by atoms with van der Waals surface area (Å²) < 4.78 is 7.32. The number of ketones is 1. The molecular formula is C33H40ClN5O4. The highest BCUT2D eigenvalue weighted by Crippen LogP contribution is 2.37. The molecule has 0 bridgehead atoms. The van der Waals surface area contributed by atoms with Crippen molar-refractivity contribution in [1.29, 1.82) is 0 Å². The highest BCUT2D eigenvalue weighted by molar-refractivity contribution is 6.31. The Bertz CT molecular complexity index is 1500. The minimum absolute atomic E-state index is 0.0218. The van der Waals surface area contributed by atoms with Crippen LogP contribution in [0.5, 0.6) is 0 Å². The molecule has 0 radical (unpaired) electrons. The summed E-state index contributed by atoms with van der Waals surface area (Å²) >= 11 is 6.61. The van der Waals surface area contributed by atoms with Crippen molar-refractivity contribution in [3.05, 3.63) is 82.0 Å². The van der Waals surface area contributed by atoms with Crippen LogP contribution in [0.2, 0.25) is 5.02 Å². The zero-order valence-electron chi connectivity index (χ0n) is 25.5. The Hall–Kier alpha value is -3.85. The molecule has 228 valence electrons. The number of amides is 2. The van der Waals surface area contributed by atoms with Gasteiger partial charge in [-0.1, -0.05) is 60.1 Å². The Labute approximate surface area is 258 Å². The van der Waals surface area contributed by atoms with Crippen LogP contribution in [0.1, 0.15) is 85.5 Å². The lowest BCUT2D eigenvalue weighted by atomic mass is 9.98. The maximum Gasteiger partial charge on any atom is 0.407 e. The van der Waals surface area contributed by atoms with Gasteiger partial charge in [0.2, 0.25) is 0 Å². The monoisotopic (exact) mass is 605 g/mol. The van der Waals surface area contributed by atoms with E-state index in [9.17, 15) is 14.4 Å². The second-order valence-electron chi connectivity index (χ2n) is 12.5. The van der Waals surface area contributed by atoms with Gasteiger partial charge in [0.1, 0.15) is 11.3 Å². The van der Waals surface area contributed by atoms with Gasteiger partial charge in [-0.3, -0.25) is 14.3 Å². The average molecular weight is 606 g/mol. The number of hydrogen-bond donors (Lipinski definition) is 1. The summed E-state index contributed by atoms with van der Waals surface area (Å²) in [5.74, 6) is 0.367. The quantitative estimate of drug-likeness (QED) is 0.336. The van der Waals surface area contributed by atoms with Crippen molar-refractivity contribution >= 4 is 35.2 Å². The number of Topliss-reactive ketones (excluding diaryl/α,β-unsaturated/α-hetero) is 1. The maximum atomic E-state index is 14.3. The van der Waals surface area contributed by atoms with Crippen molar-refractivity contribution in [1.82, 2.24) is 20.0 Å². The third-order valence-electron chi connectivity index (χ3n) is 8.20. The maximum absolute atomic E-state index is 14.3. The molecule has 2 aliphatic heterocycles. The summed E-state index contributed by atoms with van der Waals surface area (Å²) in [5, 5.41) is 8.67. The molecule has 2 aromatic carbocycles. The van der Waals surface area contributed by atoms with E-state index in [2.05, 4.69) is 10.2 Å². The number of aromatic nitrogens is 2. The van der Waals surface area contributed by atoms with Crippen LogP contribution in [0.3, 0.4) is 0 Å². The fourth-order valence-corrected chi connectivity index (χ4v) is 6.06. The Balaban J connectivity index is 1.50. The van der Waals surface area contributed by atoms with E-state index in [0.717, 1.165) is 30.5 Å². The van der Waals surface area contributed by atoms with Crippen LogP contribution >= 0.6 is 11.6 Å². The normalized spacial score (nSPS) is 20.5. The number of carbonyl (C=O) groups excluding carboxylic acids is 3. The highest BCUT2D eigenvalue weighted by atomic mass is 35.5. The summed E-state index contributed by atoms with van der Waals surface area (Å²) in [6, 6.07) is 16.1. The third kappa shape index (κ3) is 6.72. The molecule has 1 saturated heterocycles. The van der Waals surface area contributed by atoms with Gasteiger partial charge in [0.15, 0.2) is 11.6 Å². The van der Waals surface area contributed by atoms with E-state index in [1.165, 1.54) is 0 Å². The lowest BCUT2D eigenvalue weighted by Gasteiger charge is -2.38. The van der Waals surface area contributed by atoms with E-state index < -0.39 is 11.7 Å². The summed E-state index contributed by atoms with van der Waals surface area (Å²) in [7, 11) is 0. The first-order chi connectivity index (χ1) is 20.4. The second kappa shape index (κ2) is 12.4. The summed E-state index contributed by atoms with van der Waals surface area (Å²) in [4.78, 5) is 43.9. The van der Waals surface area contributed by atoms with E-state index in [4.69, 9.17) is 21.4 Å². The molecular weight excluding hydrogens is 566 g/mol. The van der Waals surface area contributed by atoms with E-state index in [-0.39, 0.29) is 36.4 Å². The van der Waals surface area contributed by atoms with Crippen LogP contribution in [0.15, 0.2) is 54.6 Å². The standard InChI is InChI=1S/C33H40ClN5O4/c1-21-22(2)39-29(31(41)38(21)20-28(40)23-12-7-6-8-13-23)26(18-24-14-9-10-16-27(24)34)30(36-39)37-17-11-15-25(19-37)35-32(42)43-33(3,4)5/h6-10,12-14,16,21-22,25H,11,15,17-20H2,1-5H3,(H,35,42). The van der Waals surface area contributed by atoms with Gasteiger partial charge < -0.3 is 19.9 Å². The van der Waals surface area contributed by atoms with Gasteiger partial charge in [0.05, 0.1) is 18.6 Å². The topological polar surface area (TPSA) is 96.8 Å². The summed E-state index contributed by atoms with van der Waals surface area (Å²) in [6.07, 6.45) is 1.60. The molecule has 43 heavy (non-hydrogen) atoms. The van der Waals surface area contributed by atoms with Crippen LogP contribution in [0, 0.1) is 0 Å². The molecule has 3 heterocycles. The number of alkyl carbamates (subject to hydrolysis) is 1. The van der Waals surface area contributed by atoms with Crippen LogP contribution in [-0.4, -0.2) is 69.8 Å². The van der Waals surface area contributed by atoms with Crippen LogP contribution < -0.4 is 10.2 Å². The van der Waals surface area contributed by atoms with Crippen LogP contribution in [0.25, 0.3) is 0 Å². The first kappa shape index (κ1) is 30.6. The van der Waals surface area contributed by atoms with Crippen molar-refractivity contribution in [2.75, 3.05) is 24.5 Å². The van der Waals surface area contributed by atoms with Gasteiger partial charge in [0, 0.05) is 41.7 Å². The minimum atomic E-state index is -0.593. The number of nitrogens with zero attached hydrogens (tertiary/aromatic N) is 4. The Morgan fingerprint density at radius 2 is 1.74 bits per heavy atom. The minimum Gasteiger partial charge on any atom is -0.444 e. The molecule has 3 aromatic rings. The number of piperidine rings is 1. The smallest absolute Gasteiger partial charge is 0.407 e. The van der Waals surface area contributed by atoms with Crippen LogP contribution in [0.4, 0.5) is 10.6 Å². The van der Waals surface area contributed by atoms with Crippen molar-refractivity contribution in [3.8, 4) is 0 Å². The van der Waals surface area contributed by atoms with Gasteiger partial charge in [0.25, 0.3) is 5.91 Å². The molecule has 1 N–H and O–H groups in total. The van der Waals surface area contributed by atoms with E-state index in [1.807, 2.05) is 81.8 Å². The molecule has 3 atom stereocenters. The Kier molecular flexibility index (Phi) is 8.83. The fourth-order valence-electron chi connectivity index (χ4n) is 5.86. The molecule has 0 aliphatic carbocycles. The number of fused-ring (bicyclic) bond motifs is 1. The number of benzene rings is 2. The molecule has 2 aliphatic rings. The molecule has 9 nitrogen and oxygen atoms in total. The summed E-state index contributed by atoms with van der Waals surface area (Å²) in [6.45, 7) is 10.7. The SMILES string of the molecule is CC1C(C)n2nc(N3CCCC(NC(=O)OC(C)(C)C)C3)c(Cc3ccccc3Cl)c2C(=O)N1CC(=O)c1ccccc1. The number of nitrogens with one attached hydrogen (secondary N) is 1. The first-order valence-corrected chi connectivity index (χ1v) is 15.3. The average Bonchev–Trinajstić information content (AvgIpc) is 3.34. The molecule has 1 aromatic heterocycles. The largest absolute Gasteiger partial charge is 0.444 e. The molecule has 5 rings (SSSR count). The summed E-state index contributed by atoms with van der Waals surface area (Å²) in [5.41, 5.74) is 2.11. The van der Waals surface area contributed by atoms with E-state index in [0.29, 0.717) is 35.1 Å².